The molecule has 0 amide bonds. The van der Waals surface area contributed by atoms with Crippen LogP contribution in [0.1, 0.15) is 43.2 Å². The second kappa shape index (κ2) is 5.60. The molecule has 1 aliphatic carbocycles. The number of ether oxygens (including phenoxy) is 1. The molecule has 0 saturated heterocycles. The first-order chi connectivity index (χ1) is 10.1. The molecule has 0 spiro atoms. The Kier molecular flexibility index (Phi) is 3.80. The molecule has 1 atom stereocenters. The van der Waals surface area contributed by atoms with Crippen LogP contribution in [0.15, 0.2) is 11.1 Å². The first-order valence-electron chi connectivity index (χ1n) is 7.31. The highest BCUT2D eigenvalue weighted by molar-refractivity contribution is 7.18. The Labute approximate surface area is 126 Å². The second-order valence-corrected chi connectivity index (χ2v) is 6.42. The van der Waals surface area contributed by atoms with Crippen LogP contribution in [0, 0.1) is 0 Å². The van der Waals surface area contributed by atoms with Crippen molar-refractivity contribution in [1.29, 1.82) is 0 Å². The quantitative estimate of drug-likeness (QED) is 0.814. The molecule has 2 heterocycles. The van der Waals surface area contributed by atoms with Gasteiger partial charge in [0, 0.05) is 4.88 Å². The van der Waals surface area contributed by atoms with Crippen molar-refractivity contribution in [3.05, 3.63) is 27.1 Å². The van der Waals surface area contributed by atoms with Crippen molar-refractivity contribution in [2.45, 2.75) is 45.6 Å². The fourth-order valence-corrected chi connectivity index (χ4v) is 3.93. The van der Waals surface area contributed by atoms with Crippen molar-refractivity contribution in [3.63, 3.8) is 0 Å². The number of esters is 1. The third-order valence-electron chi connectivity index (χ3n) is 3.86. The fraction of sp³-hybridized carbons (Fsp3) is 0.533. The van der Waals surface area contributed by atoms with Gasteiger partial charge in [0.05, 0.1) is 18.3 Å². The molecule has 112 valence electrons. The first kappa shape index (κ1) is 14.3. The molecule has 0 fully saturated rings. The van der Waals surface area contributed by atoms with Crippen molar-refractivity contribution in [2.24, 2.45) is 0 Å². The van der Waals surface area contributed by atoms with Crippen LogP contribution in [0.4, 0.5) is 0 Å². The minimum absolute atomic E-state index is 0.125. The van der Waals surface area contributed by atoms with Gasteiger partial charge in [-0.3, -0.25) is 9.36 Å². The molecule has 0 saturated carbocycles. The molecule has 0 aromatic carbocycles. The number of nitrogens with zero attached hydrogens (tertiary/aromatic N) is 2. The summed E-state index contributed by atoms with van der Waals surface area (Å²) >= 11 is 1.60. The van der Waals surface area contributed by atoms with Crippen LogP contribution in [0.3, 0.4) is 0 Å². The number of aromatic nitrogens is 2. The van der Waals surface area contributed by atoms with Gasteiger partial charge in [-0.15, -0.1) is 11.3 Å². The van der Waals surface area contributed by atoms with E-state index in [4.69, 9.17) is 4.74 Å². The van der Waals surface area contributed by atoms with Gasteiger partial charge >= 0.3 is 5.97 Å². The average Bonchev–Trinajstić information content (AvgIpc) is 3.04. The summed E-state index contributed by atoms with van der Waals surface area (Å²) in [4.78, 5) is 31.1. The molecule has 1 unspecified atom stereocenters. The maximum atomic E-state index is 12.7. The summed E-state index contributed by atoms with van der Waals surface area (Å²) in [5, 5.41) is 0.699. The predicted octanol–water partition coefficient (Wildman–Crippen LogP) is 2.46. The van der Waals surface area contributed by atoms with Gasteiger partial charge in [-0.25, -0.2) is 9.78 Å². The Morgan fingerprint density at radius 3 is 3.10 bits per heavy atom. The van der Waals surface area contributed by atoms with E-state index in [9.17, 15) is 9.59 Å². The molecule has 2 aromatic rings. The number of carbonyl (C=O) groups is 1. The Bertz CT molecular complexity index is 747. The molecule has 0 radical (unpaired) electrons. The third-order valence-corrected chi connectivity index (χ3v) is 5.06. The van der Waals surface area contributed by atoms with Crippen molar-refractivity contribution in [2.75, 3.05) is 6.61 Å². The minimum atomic E-state index is -0.641. The molecule has 0 aliphatic heterocycles. The monoisotopic (exact) mass is 306 g/mol. The summed E-state index contributed by atoms with van der Waals surface area (Å²) < 4.78 is 6.52. The van der Waals surface area contributed by atoms with Crippen LogP contribution < -0.4 is 5.56 Å². The van der Waals surface area contributed by atoms with E-state index in [1.54, 1.807) is 18.3 Å². The van der Waals surface area contributed by atoms with Crippen molar-refractivity contribution in [1.82, 2.24) is 9.55 Å². The molecular formula is C15H18N2O3S. The summed E-state index contributed by atoms with van der Waals surface area (Å²) in [6, 6.07) is -0.641. The van der Waals surface area contributed by atoms with E-state index in [1.807, 2.05) is 6.92 Å². The van der Waals surface area contributed by atoms with E-state index in [0.29, 0.717) is 12.0 Å². The molecule has 6 heteroatoms. The Balaban J connectivity index is 2.02. The van der Waals surface area contributed by atoms with Gasteiger partial charge in [0.15, 0.2) is 0 Å². The maximum absolute atomic E-state index is 12.7. The number of hydrogen-bond donors (Lipinski definition) is 0. The zero-order valence-electron chi connectivity index (χ0n) is 12.2. The van der Waals surface area contributed by atoms with Gasteiger partial charge in [-0.05, 0) is 38.2 Å². The lowest BCUT2D eigenvalue weighted by molar-refractivity contribution is -0.147. The highest BCUT2D eigenvalue weighted by atomic mass is 32.1. The fourth-order valence-electron chi connectivity index (χ4n) is 2.71. The molecule has 21 heavy (non-hydrogen) atoms. The van der Waals surface area contributed by atoms with Crippen molar-refractivity contribution >= 4 is 27.5 Å². The smallest absolute Gasteiger partial charge is 0.328 e. The predicted molar refractivity (Wildman–Crippen MR) is 81.9 cm³/mol. The highest BCUT2D eigenvalue weighted by Crippen LogP contribution is 2.34. The van der Waals surface area contributed by atoms with E-state index in [-0.39, 0.29) is 11.5 Å². The van der Waals surface area contributed by atoms with Crippen LogP contribution in [0.25, 0.3) is 10.2 Å². The standard InChI is InChI=1S/C15H18N2O3S/c1-3-7-20-15(19)9(2)17-8-16-13-12(14(17)18)10-5-4-6-11(10)21-13/h8-9H,3-7H2,1-2H3. The topological polar surface area (TPSA) is 61.2 Å². The lowest BCUT2D eigenvalue weighted by Gasteiger charge is -2.13. The van der Waals surface area contributed by atoms with Crippen LogP contribution in [-0.4, -0.2) is 22.1 Å². The SMILES string of the molecule is CCCOC(=O)C(C)n1cnc2sc3c(c2c1=O)CCC3. The Hall–Kier alpha value is -1.69. The second-order valence-electron chi connectivity index (χ2n) is 5.34. The number of hydrogen-bond acceptors (Lipinski definition) is 5. The van der Waals surface area contributed by atoms with Gasteiger partial charge in [0.1, 0.15) is 10.9 Å². The Morgan fingerprint density at radius 2 is 2.33 bits per heavy atom. The largest absolute Gasteiger partial charge is 0.464 e. The summed E-state index contributed by atoms with van der Waals surface area (Å²) in [5.41, 5.74) is 1.01. The van der Waals surface area contributed by atoms with Crippen molar-refractivity contribution in [3.8, 4) is 0 Å². The van der Waals surface area contributed by atoms with Gasteiger partial charge in [-0.2, -0.15) is 0 Å². The normalized spacial score (nSPS) is 15.1. The number of fused-ring (bicyclic) bond motifs is 3. The number of thiophene rings is 1. The van der Waals surface area contributed by atoms with Gasteiger partial charge in [-0.1, -0.05) is 6.92 Å². The molecule has 3 rings (SSSR count). The number of aryl methyl sites for hydroxylation is 2. The van der Waals surface area contributed by atoms with E-state index in [0.717, 1.165) is 36.1 Å². The highest BCUT2D eigenvalue weighted by Gasteiger charge is 2.24. The first-order valence-corrected chi connectivity index (χ1v) is 8.13. The minimum Gasteiger partial charge on any atom is -0.464 e. The molecule has 2 aromatic heterocycles. The van der Waals surface area contributed by atoms with Crippen molar-refractivity contribution < 1.29 is 9.53 Å². The van der Waals surface area contributed by atoms with Gasteiger partial charge in [0.2, 0.25) is 0 Å². The van der Waals surface area contributed by atoms with E-state index < -0.39 is 6.04 Å². The Morgan fingerprint density at radius 1 is 1.52 bits per heavy atom. The molecule has 1 aliphatic rings. The molecule has 0 N–H and O–H groups in total. The van der Waals surface area contributed by atoms with Crippen LogP contribution in [0.5, 0.6) is 0 Å². The zero-order chi connectivity index (χ0) is 15.0. The van der Waals surface area contributed by atoms with Gasteiger partial charge in [0.25, 0.3) is 5.56 Å². The van der Waals surface area contributed by atoms with Gasteiger partial charge < -0.3 is 4.74 Å². The summed E-state index contributed by atoms with van der Waals surface area (Å²) in [5.74, 6) is -0.382. The number of carbonyl (C=O) groups excluding carboxylic acids is 1. The lowest BCUT2D eigenvalue weighted by Crippen LogP contribution is -2.29. The molecule has 5 nitrogen and oxygen atoms in total. The summed E-state index contributed by atoms with van der Waals surface area (Å²) in [6.45, 7) is 3.99. The van der Waals surface area contributed by atoms with Crippen LogP contribution in [-0.2, 0) is 22.4 Å². The number of rotatable bonds is 4. The van der Waals surface area contributed by atoms with E-state index >= 15 is 0 Å². The maximum Gasteiger partial charge on any atom is 0.328 e. The summed E-state index contributed by atoms with van der Waals surface area (Å²) in [6.07, 6.45) is 5.30. The summed E-state index contributed by atoms with van der Waals surface area (Å²) in [7, 11) is 0. The van der Waals surface area contributed by atoms with E-state index in [2.05, 4.69) is 4.98 Å². The zero-order valence-corrected chi connectivity index (χ0v) is 13.0. The van der Waals surface area contributed by atoms with E-state index in [1.165, 1.54) is 15.8 Å². The van der Waals surface area contributed by atoms with Crippen LogP contribution >= 0.6 is 11.3 Å². The molecular weight excluding hydrogens is 288 g/mol. The average molecular weight is 306 g/mol. The lowest BCUT2D eigenvalue weighted by atomic mass is 10.2. The third kappa shape index (κ3) is 2.37. The molecule has 0 bridgehead atoms. The van der Waals surface area contributed by atoms with Crippen LogP contribution in [0.2, 0.25) is 0 Å².